The van der Waals surface area contributed by atoms with Gasteiger partial charge in [0.05, 0.1) is 23.4 Å². The molecule has 4 aromatic carbocycles. The van der Waals surface area contributed by atoms with Crippen LogP contribution in [0.25, 0.3) is 33.2 Å². The monoisotopic (exact) mass is 1010 g/mol. The SMILES string of the molecule is CN(C)CCOc1cn(-c2ccc(F)cc2)c2ccc(Cl)cc12.CN(C)CCOc1cn(-c2ccc(F)cc2)c2ccc(Cl)cc12.O=C(O)/C=C/C(=O)O.O=C(O)/C=C/C(=O)O.O=C(O)/C=C/C(=O)O. The summed E-state index contributed by atoms with van der Waals surface area (Å²) in [4.78, 5) is 61.4. The molecule has 2 heterocycles. The molecule has 0 radical (unpaired) electrons. The lowest BCUT2D eigenvalue weighted by Crippen LogP contribution is -2.19. The van der Waals surface area contributed by atoms with Gasteiger partial charge in [0.2, 0.25) is 0 Å². The van der Waals surface area contributed by atoms with E-state index < -0.39 is 35.8 Å². The van der Waals surface area contributed by atoms with Gasteiger partial charge < -0.3 is 59.0 Å². The van der Waals surface area contributed by atoms with E-state index in [0.717, 1.165) is 57.8 Å². The van der Waals surface area contributed by atoms with E-state index in [-0.39, 0.29) is 11.6 Å². The average Bonchev–Trinajstić information content (AvgIpc) is 3.82. The van der Waals surface area contributed by atoms with Crippen molar-refractivity contribution < 1.29 is 77.7 Å². The highest BCUT2D eigenvalue weighted by Gasteiger charge is 2.14. The molecule has 0 saturated carbocycles. The van der Waals surface area contributed by atoms with Crippen molar-refractivity contribution in [3.63, 3.8) is 0 Å². The predicted molar refractivity (Wildman–Crippen MR) is 258 cm³/mol. The molecule has 0 aliphatic rings. The highest BCUT2D eigenvalue weighted by Crippen LogP contribution is 2.34. The molecule has 0 bridgehead atoms. The molecule has 2 aromatic heterocycles. The van der Waals surface area contributed by atoms with Crippen molar-refractivity contribution >= 4 is 80.8 Å². The maximum Gasteiger partial charge on any atom is 0.328 e. The van der Waals surface area contributed by atoms with Gasteiger partial charge in [-0.25, -0.2) is 37.5 Å². The molecule has 0 spiro atoms. The van der Waals surface area contributed by atoms with Crippen LogP contribution in [0.4, 0.5) is 8.78 Å². The summed E-state index contributed by atoms with van der Waals surface area (Å²) in [7, 11) is 8.01. The van der Waals surface area contributed by atoms with E-state index in [1.165, 1.54) is 24.3 Å². The van der Waals surface area contributed by atoms with Gasteiger partial charge >= 0.3 is 35.8 Å². The summed E-state index contributed by atoms with van der Waals surface area (Å²) < 4.78 is 42.1. The first kappa shape index (κ1) is 58.1. The summed E-state index contributed by atoms with van der Waals surface area (Å²) in [5.41, 5.74) is 3.70. The molecule has 0 saturated heterocycles. The van der Waals surface area contributed by atoms with Gasteiger partial charge in [-0.2, -0.15) is 0 Å². The quantitative estimate of drug-likeness (QED) is 0.0504. The zero-order valence-electron chi connectivity index (χ0n) is 37.8. The molecule has 0 aliphatic carbocycles. The lowest BCUT2D eigenvalue weighted by molar-refractivity contribution is -0.134. The number of likely N-dealkylation sites (N-methyl/N-ethyl adjacent to an activating group) is 2. The van der Waals surface area contributed by atoms with E-state index in [2.05, 4.69) is 9.80 Å². The zero-order valence-corrected chi connectivity index (χ0v) is 39.3. The van der Waals surface area contributed by atoms with Gasteiger partial charge in [-0.05, 0) is 113 Å². The van der Waals surface area contributed by atoms with Crippen molar-refractivity contribution in [2.45, 2.75) is 0 Å². The molecule has 18 nitrogen and oxygen atoms in total. The number of fused-ring (bicyclic) bond motifs is 2. The first-order valence-corrected chi connectivity index (χ1v) is 20.8. The highest BCUT2D eigenvalue weighted by atomic mass is 35.5. The first-order valence-electron chi connectivity index (χ1n) is 20.1. The van der Waals surface area contributed by atoms with E-state index >= 15 is 0 Å². The Labute approximate surface area is 408 Å². The lowest BCUT2D eigenvalue weighted by atomic mass is 10.2. The number of hydrogen-bond donors (Lipinski definition) is 6. The molecule has 70 heavy (non-hydrogen) atoms. The Hall–Kier alpha value is -8.04. The first-order chi connectivity index (χ1) is 33.0. The van der Waals surface area contributed by atoms with E-state index in [1.807, 2.05) is 86.1 Å². The van der Waals surface area contributed by atoms with Gasteiger partial charge in [0.15, 0.2) is 0 Å². The van der Waals surface area contributed by atoms with Crippen molar-refractivity contribution in [1.82, 2.24) is 18.9 Å². The lowest BCUT2D eigenvalue weighted by Gasteiger charge is -2.10. The highest BCUT2D eigenvalue weighted by molar-refractivity contribution is 6.31. The molecule has 6 aromatic rings. The van der Waals surface area contributed by atoms with Crippen LogP contribution in [-0.4, -0.2) is 140 Å². The van der Waals surface area contributed by atoms with Gasteiger partial charge in [-0.3, -0.25) is 0 Å². The minimum Gasteiger partial charge on any atom is -0.490 e. The average molecular weight is 1010 g/mol. The van der Waals surface area contributed by atoms with Gasteiger partial charge in [0.1, 0.15) is 36.3 Å². The van der Waals surface area contributed by atoms with Gasteiger partial charge in [-0.15, -0.1) is 0 Å². The van der Waals surface area contributed by atoms with E-state index in [4.69, 9.17) is 63.3 Å². The number of rotatable bonds is 16. The van der Waals surface area contributed by atoms with Crippen LogP contribution in [0.5, 0.6) is 11.5 Å². The fourth-order valence-electron chi connectivity index (χ4n) is 5.31. The normalized spacial score (nSPS) is 10.7. The third-order valence-corrected chi connectivity index (χ3v) is 8.84. The number of benzene rings is 4. The molecule has 6 N–H and O–H groups in total. The Kier molecular flexibility index (Phi) is 24.6. The van der Waals surface area contributed by atoms with Crippen molar-refractivity contribution in [1.29, 1.82) is 0 Å². The molecule has 0 aliphatic heterocycles. The number of aliphatic carboxylic acids is 6. The number of ether oxygens (including phenoxy) is 2. The van der Waals surface area contributed by atoms with Gasteiger partial charge in [0.25, 0.3) is 0 Å². The number of hydrogen-bond acceptors (Lipinski definition) is 10. The van der Waals surface area contributed by atoms with Gasteiger partial charge in [0, 0.05) is 81.7 Å². The Morgan fingerprint density at radius 3 is 1.00 bits per heavy atom. The summed E-state index contributed by atoms with van der Waals surface area (Å²) in [6.45, 7) is 2.82. The summed E-state index contributed by atoms with van der Waals surface area (Å²) in [5.74, 6) is -6.51. The maximum atomic E-state index is 13.2. The van der Waals surface area contributed by atoms with Crippen molar-refractivity contribution in [2.75, 3.05) is 54.5 Å². The number of nitrogens with zero attached hydrogens (tertiary/aromatic N) is 4. The van der Waals surface area contributed by atoms with Crippen molar-refractivity contribution in [2.24, 2.45) is 0 Å². The Bertz CT molecular complexity index is 2540. The molecule has 372 valence electrons. The van der Waals surface area contributed by atoms with Crippen molar-refractivity contribution in [3.05, 3.63) is 155 Å². The molecule has 0 amide bonds. The minimum atomic E-state index is -1.26. The third kappa shape index (κ3) is 22.2. The van der Waals surface area contributed by atoms with Crippen LogP contribution in [0.3, 0.4) is 0 Å². The largest absolute Gasteiger partial charge is 0.490 e. The van der Waals surface area contributed by atoms with Crippen LogP contribution in [-0.2, 0) is 28.8 Å². The molecule has 0 unspecified atom stereocenters. The second-order valence-corrected chi connectivity index (χ2v) is 15.2. The van der Waals surface area contributed by atoms with Crippen LogP contribution < -0.4 is 9.47 Å². The fourth-order valence-corrected chi connectivity index (χ4v) is 5.65. The Morgan fingerprint density at radius 1 is 0.486 bits per heavy atom. The van der Waals surface area contributed by atoms with Crippen molar-refractivity contribution in [3.8, 4) is 22.9 Å². The number of carboxylic acid groups (broad SMARTS) is 6. The van der Waals surface area contributed by atoms with E-state index in [9.17, 15) is 37.5 Å². The molecule has 6 rings (SSSR count). The van der Waals surface area contributed by atoms with E-state index in [0.29, 0.717) is 59.7 Å². The van der Waals surface area contributed by atoms with Crippen LogP contribution in [0.15, 0.2) is 134 Å². The fraction of sp³-hybridized carbons (Fsp3) is 0.167. The zero-order chi connectivity index (χ0) is 52.5. The van der Waals surface area contributed by atoms with Crippen LogP contribution in [0.1, 0.15) is 0 Å². The second-order valence-electron chi connectivity index (χ2n) is 14.3. The predicted octanol–water partition coefficient (Wildman–Crippen LogP) is 7.86. The number of carboxylic acids is 6. The number of carbonyl (C=O) groups is 6. The van der Waals surface area contributed by atoms with Crippen LogP contribution in [0.2, 0.25) is 10.0 Å². The maximum absolute atomic E-state index is 13.2. The summed E-state index contributed by atoms with van der Waals surface area (Å²) in [6, 6.07) is 24.1. The summed E-state index contributed by atoms with van der Waals surface area (Å²) in [5, 5.41) is 50.1. The standard InChI is InChI=1S/2C18H18ClFN2O.3C4H4O4/c2*1-21(2)9-10-23-18-12-22(15-6-4-14(20)5-7-15)17-8-3-13(19)11-16(17)18;3*5-3(6)1-2-4(7)8/h2*3-8,11-12H,9-10H2,1-2H3;3*1-2H,(H,5,6)(H,7,8)/b;;3*2-1+. The molecule has 0 atom stereocenters. The number of aromatic nitrogens is 2. The van der Waals surface area contributed by atoms with Crippen LogP contribution >= 0.6 is 23.2 Å². The van der Waals surface area contributed by atoms with E-state index in [1.54, 1.807) is 24.3 Å². The Balaban J connectivity index is 0.000000332. The summed E-state index contributed by atoms with van der Waals surface area (Å²) in [6.07, 6.45) is 7.19. The topological polar surface area (TPSA) is 259 Å². The molecule has 22 heteroatoms. The second kappa shape index (κ2) is 29.7. The number of halogens is 4. The Morgan fingerprint density at radius 2 is 0.757 bits per heavy atom. The summed E-state index contributed by atoms with van der Waals surface area (Å²) >= 11 is 12.3. The molecular formula is C48H48Cl2F2N4O14. The third-order valence-electron chi connectivity index (χ3n) is 8.37. The smallest absolute Gasteiger partial charge is 0.328 e. The molecule has 0 fully saturated rings. The van der Waals surface area contributed by atoms with Gasteiger partial charge in [-0.1, -0.05) is 23.2 Å². The minimum absolute atomic E-state index is 0.254. The molecular weight excluding hydrogens is 965 g/mol. The van der Waals surface area contributed by atoms with Crippen LogP contribution in [0, 0.1) is 11.6 Å².